The van der Waals surface area contributed by atoms with Gasteiger partial charge in [0.15, 0.2) is 5.92 Å². The van der Waals surface area contributed by atoms with E-state index in [4.69, 9.17) is 14.2 Å². The number of carbonyl (C=O) groups excluding carboxylic acids is 3. The van der Waals surface area contributed by atoms with E-state index in [1.165, 1.54) is 7.11 Å². The molecule has 0 aliphatic carbocycles. The average molecular weight is 288 g/mol. The third-order valence-electron chi connectivity index (χ3n) is 3.45. The van der Waals surface area contributed by atoms with Crippen molar-refractivity contribution in [2.45, 2.75) is 40.5 Å². The molecule has 0 radical (unpaired) electrons. The molecule has 0 saturated heterocycles. The molecule has 20 heavy (non-hydrogen) atoms. The van der Waals surface area contributed by atoms with E-state index >= 15 is 0 Å². The fourth-order valence-electron chi connectivity index (χ4n) is 2.27. The maximum atomic E-state index is 12.1. The fraction of sp³-hybridized carbons (Fsp3) is 0.786. The molecule has 0 saturated carbocycles. The summed E-state index contributed by atoms with van der Waals surface area (Å²) in [6, 6.07) is 0. The molecule has 0 amide bonds. The minimum absolute atomic E-state index is 0.124. The average Bonchev–Trinajstić information content (AvgIpc) is 2.44. The van der Waals surface area contributed by atoms with E-state index in [1.54, 1.807) is 27.7 Å². The molecular formula is C14H24O6. The molecule has 0 aromatic carbocycles. The lowest BCUT2D eigenvalue weighted by molar-refractivity contribution is -0.179. The highest BCUT2D eigenvalue weighted by Crippen LogP contribution is 2.38. The smallest absolute Gasteiger partial charge is 0.321 e. The number of carbonyl (C=O) groups is 3. The first-order valence-corrected chi connectivity index (χ1v) is 6.86. The van der Waals surface area contributed by atoms with Gasteiger partial charge in [0.1, 0.15) is 0 Å². The summed E-state index contributed by atoms with van der Waals surface area (Å²) >= 11 is 0. The van der Waals surface area contributed by atoms with E-state index in [1.807, 2.05) is 0 Å². The molecule has 116 valence electrons. The third-order valence-corrected chi connectivity index (χ3v) is 3.45. The van der Waals surface area contributed by atoms with E-state index in [2.05, 4.69) is 0 Å². The van der Waals surface area contributed by atoms with Crippen LogP contribution < -0.4 is 0 Å². The molecular weight excluding hydrogens is 264 g/mol. The Balaban J connectivity index is 5.69. The van der Waals surface area contributed by atoms with Gasteiger partial charge >= 0.3 is 17.9 Å². The van der Waals surface area contributed by atoms with Crippen LogP contribution in [0.5, 0.6) is 0 Å². The molecule has 0 rings (SSSR count). The summed E-state index contributed by atoms with van der Waals surface area (Å²) in [6.45, 7) is 6.98. The highest BCUT2D eigenvalue weighted by molar-refractivity contribution is 6.00. The lowest BCUT2D eigenvalue weighted by Gasteiger charge is -2.33. The second-order valence-corrected chi connectivity index (χ2v) is 4.29. The van der Waals surface area contributed by atoms with Gasteiger partial charge in [-0.2, -0.15) is 0 Å². The van der Waals surface area contributed by atoms with Crippen LogP contribution in [0.1, 0.15) is 40.5 Å². The molecule has 0 aliphatic rings. The van der Waals surface area contributed by atoms with Gasteiger partial charge in [0.25, 0.3) is 0 Å². The van der Waals surface area contributed by atoms with Crippen molar-refractivity contribution >= 4 is 17.9 Å². The van der Waals surface area contributed by atoms with Crippen molar-refractivity contribution < 1.29 is 28.6 Å². The minimum atomic E-state index is -1.30. The maximum Gasteiger partial charge on any atom is 0.321 e. The molecule has 0 fully saturated rings. The number of ether oxygens (including phenoxy) is 3. The summed E-state index contributed by atoms with van der Waals surface area (Å²) in [7, 11) is 1.23. The Morgan fingerprint density at radius 3 is 1.55 bits per heavy atom. The van der Waals surface area contributed by atoms with Crippen molar-refractivity contribution in [2.75, 3.05) is 20.3 Å². The van der Waals surface area contributed by atoms with Crippen molar-refractivity contribution in [2.24, 2.45) is 11.3 Å². The van der Waals surface area contributed by atoms with Gasteiger partial charge < -0.3 is 14.2 Å². The Hall–Kier alpha value is -1.59. The zero-order chi connectivity index (χ0) is 15.8. The van der Waals surface area contributed by atoms with Crippen LogP contribution in [0, 0.1) is 11.3 Å². The number of hydrogen-bond donors (Lipinski definition) is 0. The van der Waals surface area contributed by atoms with Crippen molar-refractivity contribution in [3.05, 3.63) is 0 Å². The first-order valence-electron chi connectivity index (χ1n) is 6.86. The van der Waals surface area contributed by atoms with Gasteiger partial charge in [-0.1, -0.05) is 13.8 Å². The summed E-state index contributed by atoms with van der Waals surface area (Å²) in [6.07, 6.45) is 0.553. The van der Waals surface area contributed by atoms with E-state index in [0.29, 0.717) is 0 Å². The maximum absolute atomic E-state index is 12.1. The van der Waals surface area contributed by atoms with Crippen molar-refractivity contribution in [3.63, 3.8) is 0 Å². The molecule has 0 aromatic rings. The molecule has 0 N–H and O–H groups in total. The van der Waals surface area contributed by atoms with Crippen LogP contribution >= 0.6 is 0 Å². The van der Waals surface area contributed by atoms with Gasteiger partial charge in [0, 0.05) is 0 Å². The van der Waals surface area contributed by atoms with Crippen LogP contribution in [0.25, 0.3) is 0 Å². The summed E-state index contributed by atoms with van der Waals surface area (Å²) in [4.78, 5) is 36.3. The minimum Gasteiger partial charge on any atom is -0.469 e. The molecule has 0 atom stereocenters. The van der Waals surface area contributed by atoms with Crippen LogP contribution in [0.15, 0.2) is 0 Å². The highest BCUT2D eigenvalue weighted by atomic mass is 16.6. The molecule has 6 heteroatoms. The molecule has 0 unspecified atom stereocenters. The lowest BCUT2D eigenvalue weighted by atomic mass is 9.71. The number of hydrogen-bond acceptors (Lipinski definition) is 6. The quantitative estimate of drug-likeness (QED) is 0.384. The van der Waals surface area contributed by atoms with Crippen molar-refractivity contribution in [3.8, 4) is 0 Å². The summed E-state index contributed by atoms with van der Waals surface area (Å²) < 4.78 is 14.6. The molecule has 0 spiro atoms. The zero-order valence-corrected chi connectivity index (χ0v) is 12.9. The number of methoxy groups -OCH3 is 1. The second kappa shape index (κ2) is 8.55. The van der Waals surface area contributed by atoms with Gasteiger partial charge in [0.05, 0.1) is 25.7 Å². The van der Waals surface area contributed by atoms with Gasteiger partial charge in [0.2, 0.25) is 0 Å². The molecule has 0 aromatic heterocycles. The zero-order valence-electron chi connectivity index (χ0n) is 12.9. The first-order chi connectivity index (χ1) is 9.44. The van der Waals surface area contributed by atoms with Gasteiger partial charge in [-0.05, 0) is 26.7 Å². The Bertz CT molecular complexity index is 328. The Morgan fingerprint density at radius 1 is 0.900 bits per heavy atom. The van der Waals surface area contributed by atoms with Crippen molar-refractivity contribution in [1.82, 2.24) is 0 Å². The van der Waals surface area contributed by atoms with Gasteiger partial charge in [-0.15, -0.1) is 0 Å². The largest absolute Gasteiger partial charge is 0.469 e. The Kier molecular flexibility index (Phi) is 7.87. The Morgan fingerprint density at radius 2 is 1.30 bits per heavy atom. The first kappa shape index (κ1) is 18.4. The van der Waals surface area contributed by atoms with Gasteiger partial charge in [-0.3, -0.25) is 14.4 Å². The van der Waals surface area contributed by atoms with Crippen LogP contribution in [-0.2, 0) is 28.6 Å². The predicted octanol–water partition coefficient (Wildman–Crippen LogP) is 1.71. The molecule has 0 heterocycles. The third kappa shape index (κ3) is 3.71. The second-order valence-electron chi connectivity index (χ2n) is 4.29. The van der Waals surface area contributed by atoms with E-state index < -0.39 is 29.2 Å². The SMILES string of the molecule is CCOC(=O)C(C(=O)OCC)C(CC)(CC)C(=O)OC. The normalized spacial score (nSPS) is 11.1. The van der Waals surface area contributed by atoms with Crippen molar-refractivity contribution in [1.29, 1.82) is 0 Å². The standard InChI is InChI=1S/C14H24O6/c1-6-14(7-2,13(17)18-5)10(11(15)19-8-3)12(16)20-9-4/h10H,6-9H2,1-5H3. The monoisotopic (exact) mass is 288 g/mol. The summed E-state index contributed by atoms with van der Waals surface area (Å²) in [5, 5.41) is 0. The topological polar surface area (TPSA) is 78.9 Å². The van der Waals surface area contributed by atoms with Crippen LogP contribution in [-0.4, -0.2) is 38.2 Å². The summed E-state index contributed by atoms with van der Waals surface area (Å²) in [5.74, 6) is -3.40. The van der Waals surface area contributed by atoms with Crippen LogP contribution in [0.3, 0.4) is 0 Å². The van der Waals surface area contributed by atoms with Gasteiger partial charge in [-0.25, -0.2) is 0 Å². The van der Waals surface area contributed by atoms with E-state index in [9.17, 15) is 14.4 Å². The molecule has 6 nitrogen and oxygen atoms in total. The summed E-state index contributed by atoms with van der Waals surface area (Å²) in [5.41, 5.74) is -1.26. The van der Waals surface area contributed by atoms with E-state index in [-0.39, 0.29) is 26.1 Å². The van der Waals surface area contributed by atoms with Crippen LogP contribution in [0.4, 0.5) is 0 Å². The predicted molar refractivity (Wildman–Crippen MR) is 71.8 cm³/mol. The number of rotatable bonds is 8. The van der Waals surface area contributed by atoms with Crippen LogP contribution in [0.2, 0.25) is 0 Å². The molecule has 0 aliphatic heterocycles. The fourth-order valence-corrected chi connectivity index (χ4v) is 2.27. The molecule has 0 bridgehead atoms. The lowest BCUT2D eigenvalue weighted by Crippen LogP contribution is -2.48. The highest BCUT2D eigenvalue weighted by Gasteiger charge is 2.53. The van der Waals surface area contributed by atoms with E-state index in [0.717, 1.165) is 0 Å². The Labute approximate surface area is 119 Å². The number of esters is 3.